The molecule has 0 atom stereocenters. The summed E-state index contributed by atoms with van der Waals surface area (Å²) in [5.74, 6) is 0.154. The van der Waals surface area contributed by atoms with Crippen molar-refractivity contribution < 1.29 is 5.11 Å². The van der Waals surface area contributed by atoms with Crippen LogP contribution in [0.1, 0.15) is 0 Å². The standard InChI is InChI=1S/C9H9N3O/c1-12-5-8(13)6-3-2-4-7(10)9(6)11-12/h2-5,10,13H,1H3. The van der Waals surface area contributed by atoms with Gasteiger partial charge in [-0.05, 0) is 12.1 Å². The fraction of sp³-hybridized carbons (Fsp3) is 0.111. The van der Waals surface area contributed by atoms with E-state index in [1.807, 2.05) is 0 Å². The Balaban J connectivity index is 2.92. The van der Waals surface area contributed by atoms with Gasteiger partial charge in [0.2, 0.25) is 0 Å². The monoisotopic (exact) mass is 175 g/mol. The topological polar surface area (TPSA) is 61.9 Å². The van der Waals surface area contributed by atoms with E-state index in [0.717, 1.165) is 0 Å². The van der Waals surface area contributed by atoms with Crippen LogP contribution in [0.3, 0.4) is 0 Å². The van der Waals surface area contributed by atoms with Gasteiger partial charge < -0.3 is 5.11 Å². The van der Waals surface area contributed by atoms with Gasteiger partial charge in [0.15, 0.2) is 0 Å². The summed E-state index contributed by atoms with van der Waals surface area (Å²) in [6, 6.07) is 5.12. The van der Waals surface area contributed by atoms with Gasteiger partial charge in [0, 0.05) is 12.6 Å². The summed E-state index contributed by atoms with van der Waals surface area (Å²) in [6.45, 7) is 0. The number of rotatable bonds is 0. The van der Waals surface area contributed by atoms with E-state index in [2.05, 4.69) is 5.10 Å². The Hall–Kier alpha value is -1.84. The third-order valence-electron chi connectivity index (χ3n) is 1.88. The molecular formula is C9H9N3O. The molecule has 0 amide bonds. The molecule has 0 spiro atoms. The largest absolute Gasteiger partial charge is 0.506 e. The van der Waals surface area contributed by atoms with Crippen LogP contribution < -0.4 is 5.36 Å². The van der Waals surface area contributed by atoms with Crippen molar-refractivity contribution in [1.82, 2.24) is 9.78 Å². The average Bonchev–Trinajstić information content (AvgIpc) is 2.07. The minimum atomic E-state index is 0.154. The van der Waals surface area contributed by atoms with Crippen molar-refractivity contribution in [1.29, 1.82) is 5.41 Å². The quantitative estimate of drug-likeness (QED) is 0.619. The SMILES string of the molecule is Cn1cc(O)c2cccc(=N)c-2n1. The van der Waals surface area contributed by atoms with Gasteiger partial charge in [0.05, 0.1) is 11.6 Å². The molecule has 0 saturated carbocycles. The Bertz CT molecular complexity index is 475. The number of aromatic nitrogens is 2. The fourth-order valence-electron chi connectivity index (χ4n) is 1.29. The van der Waals surface area contributed by atoms with E-state index in [1.165, 1.54) is 10.9 Å². The lowest BCUT2D eigenvalue weighted by atomic mass is 10.1. The van der Waals surface area contributed by atoms with E-state index in [1.54, 1.807) is 25.2 Å². The van der Waals surface area contributed by atoms with E-state index >= 15 is 0 Å². The summed E-state index contributed by atoms with van der Waals surface area (Å²) in [5.41, 5.74) is 1.13. The summed E-state index contributed by atoms with van der Waals surface area (Å²) in [7, 11) is 1.71. The van der Waals surface area contributed by atoms with Crippen LogP contribution in [-0.2, 0) is 7.05 Å². The maximum absolute atomic E-state index is 9.53. The zero-order valence-corrected chi connectivity index (χ0v) is 7.15. The molecule has 0 fully saturated rings. The van der Waals surface area contributed by atoms with Gasteiger partial charge >= 0.3 is 0 Å². The van der Waals surface area contributed by atoms with Gasteiger partial charge in [-0.25, -0.2) is 0 Å². The molecule has 1 aliphatic carbocycles. The van der Waals surface area contributed by atoms with Crippen LogP contribution in [-0.4, -0.2) is 14.9 Å². The van der Waals surface area contributed by atoms with Crippen molar-refractivity contribution in [2.45, 2.75) is 0 Å². The van der Waals surface area contributed by atoms with Crippen molar-refractivity contribution in [2.75, 3.05) is 0 Å². The van der Waals surface area contributed by atoms with Crippen LogP contribution >= 0.6 is 0 Å². The smallest absolute Gasteiger partial charge is 0.142 e. The molecule has 0 unspecified atom stereocenters. The average molecular weight is 175 g/mol. The van der Waals surface area contributed by atoms with Crippen LogP contribution in [0.5, 0.6) is 5.75 Å². The van der Waals surface area contributed by atoms with Crippen LogP contribution in [0, 0.1) is 5.41 Å². The molecule has 2 aliphatic rings. The molecule has 0 aromatic heterocycles. The lowest BCUT2D eigenvalue weighted by Crippen LogP contribution is -2.10. The highest BCUT2D eigenvalue weighted by Crippen LogP contribution is 2.24. The third-order valence-corrected chi connectivity index (χ3v) is 1.88. The molecule has 0 bridgehead atoms. The van der Waals surface area contributed by atoms with Gasteiger partial charge in [-0.1, -0.05) is 6.07 Å². The molecule has 4 heteroatoms. The number of fused-ring (bicyclic) bond motifs is 1. The van der Waals surface area contributed by atoms with Crippen LogP contribution in [0.2, 0.25) is 0 Å². The minimum absolute atomic E-state index is 0.154. The summed E-state index contributed by atoms with van der Waals surface area (Å²) >= 11 is 0. The van der Waals surface area contributed by atoms with Crippen LogP contribution in [0.25, 0.3) is 11.3 Å². The molecule has 1 aliphatic heterocycles. The van der Waals surface area contributed by atoms with Gasteiger partial charge in [-0.15, -0.1) is 0 Å². The Labute approximate surface area is 74.9 Å². The second-order valence-electron chi connectivity index (χ2n) is 2.89. The molecule has 0 saturated heterocycles. The third kappa shape index (κ3) is 1.16. The second kappa shape index (κ2) is 2.58. The molecule has 1 heterocycles. The normalized spacial score (nSPS) is 10.5. The number of aromatic hydroxyl groups is 1. The molecule has 2 N–H and O–H groups in total. The number of aryl methyl sites for hydroxylation is 1. The Kier molecular flexibility index (Phi) is 1.55. The van der Waals surface area contributed by atoms with Gasteiger partial charge in [0.25, 0.3) is 0 Å². The first-order chi connectivity index (χ1) is 6.18. The lowest BCUT2D eigenvalue weighted by molar-refractivity contribution is 0.465. The highest BCUT2D eigenvalue weighted by molar-refractivity contribution is 5.65. The Morgan fingerprint density at radius 3 is 3.00 bits per heavy atom. The highest BCUT2D eigenvalue weighted by atomic mass is 16.3. The first kappa shape index (κ1) is 7.79. The summed E-state index contributed by atoms with van der Waals surface area (Å²) in [4.78, 5) is 0. The second-order valence-corrected chi connectivity index (χ2v) is 2.89. The maximum atomic E-state index is 9.53. The molecule has 2 rings (SSSR count). The van der Waals surface area contributed by atoms with E-state index in [9.17, 15) is 5.11 Å². The maximum Gasteiger partial charge on any atom is 0.142 e. The van der Waals surface area contributed by atoms with Gasteiger partial charge in [-0.3, -0.25) is 10.1 Å². The number of hydrogen-bond donors (Lipinski definition) is 2. The molecule has 4 nitrogen and oxygen atoms in total. The predicted molar refractivity (Wildman–Crippen MR) is 47.3 cm³/mol. The first-order valence-corrected chi connectivity index (χ1v) is 3.89. The predicted octanol–water partition coefficient (Wildman–Crippen LogP) is 0.710. The Morgan fingerprint density at radius 2 is 2.23 bits per heavy atom. The zero-order valence-electron chi connectivity index (χ0n) is 7.15. The Morgan fingerprint density at radius 1 is 1.46 bits per heavy atom. The van der Waals surface area contributed by atoms with Crippen LogP contribution in [0.4, 0.5) is 0 Å². The van der Waals surface area contributed by atoms with E-state index in [0.29, 0.717) is 16.6 Å². The molecule has 0 radical (unpaired) electrons. The van der Waals surface area contributed by atoms with Crippen molar-refractivity contribution in [3.05, 3.63) is 29.8 Å². The summed E-state index contributed by atoms with van der Waals surface area (Å²) < 4.78 is 1.50. The van der Waals surface area contributed by atoms with E-state index in [4.69, 9.17) is 5.41 Å². The van der Waals surface area contributed by atoms with Crippen molar-refractivity contribution in [3.8, 4) is 17.0 Å². The van der Waals surface area contributed by atoms with E-state index in [-0.39, 0.29) is 5.75 Å². The van der Waals surface area contributed by atoms with Crippen LogP contribution in [0.15, 0.2) is 24.4 Å². The van der Waals surface area contributed by atoms with Gasteiger partial charge in [0.1, 0.15) is 11.4 Å². The molecule has 0 aromatic rings. The summed E-state index contributed by atoms with van der Waals surface area (Å²) in [6.07, 6.45) is 1.52. The molecule has 66 valence electrons. The number of benzene rings is 1. The number of nitrogens with one attached hydrogen (secondary N) is 1. The molecule has 13 heavy (non-hydrogen) atoms. The number of hydrogen-bond acceptors (Lipinski definition) is 3. The highest BCUT2D eigenvalue weighted by Gasteiger charge is 2.09. The minimum Gasteiger partial charge on any atom is -0.506 e. The lowest BCUT2D eigenvalue weighted by Gasteiger charge is -2.08. The van der Waals surface area contributed by atoms with E-state index < -0.39 is 0 Å². The number of nitrogens with zero attached hydrogens (tertiary/aromatic N) is 2. The molecular weight excluding hydrogens is 166 g/mol. The van der Waals surface area contributed by atoms with Crippen molar-refractivity contribution in [2.24, 2.45) is 7.05 Å². The first-order valence-electron chi connectivity index (χ1n) is 3.89. The van der Waals surface area contributed by atoms with Gasteiger partial charge in [-0.2, -0.15) is 5.10 Å². The summed E-state index contributed by atoms with van der Waals surface area (Å²) in [5, 5.41) is 21.5. The zero-order chi connectivity index (χ0) is 9.42. The van der Waals surface area contributed by atoms with Crippen molar-refractivity contribution >= 4 is 0 Å². The molecule has 0 aromatic carbocycles. The van der Waals surface area contributed by atoms with Crippen molar-refractivity contribution in [3.63, 3.8) is 0 Å². The fourth-order valence-corrected chi connectivity index (χ4v) is 1.29.